The number of halogens is 1. The second-order valence-corrected chi connectivity index (χ2v) is 7.84. The summed E-state index contributed by atoms with van der Waals surface area (Å²) in [6.07, 6.45) is 1.36. The van der Waals surface area contributed by atoms with Gasteiger partial charge in [-0.2, -0.15) is 5.26 Å². The maximum atomic E-state index is 12.9. The van der Waals surface area contributed by atoms with Crippen molar-refractivity contribution in [2.24, 2.45) is 0 Å². The van der Waals surface area contributed by atoms with Gasteiger partial charge in [-0.3, -0.25) is 14.9 Å². The third-order valence-corrected chi connectivity index (χ3v) is 5.61. The molecule has 8 nitrogen and oxygen atoms in total. The number of nitro groups is 1. The Morgan fingerprint density at radius 2 is 1.82 bits per heavy atom. The fraction of sp³-hybridized carbons (Fsp3) is 0.167. The largest absolute Gasteiger partial charge is 0.456 e. The third kappa shape index (κ3) is 4.89. The van der Waals surface area contributed by atoms with Crippen molar-refractivity contribution >= 4 is 35.0 Å². The zero-order chi connectivity index (χ0) is 23.4. The van der Waals surface area contributed by atoms with Gasteiger partial charge in [0.05, 0.1) is 10.5 Å². The van der Waals surface area contributed by atoms with Gasteiger partial charge in [0.15, 0.2) is 0 Å². The highest BCUT2D eigenvalue weighted by Gasteiger charge is 2.24. The number of piperazine rings is 1. The van der Waals surface area contributed by atoms with Crippen molar-refractivity contribution in [2.75, 3.05) is 31.1 Å². The van der Waals surface area contributed by atoms with E-state index in [4.69, 9.17) is 16.0 Å². The van der Waals surface area contributed by atoms with Crippen LogP contribution in [0.5, 0.6) is 0 Å². The summed E-state index contributed by atoms with van der Waals surface area (Å²) in [7, 11) is 0. The smallest absolute Gasteiger partial charge is 0.281 e. The van der Waals surface area contributed by atoms with Gasteiger partial charge < -0.3 is 14.2 Å². The van der Waals surface area contributed by atoms with Crippen molar-refractivity contribution < 1.29 is 14.1 Å². The summed E-state index contributed by atoms with van der Waals surface area (Å²) in [6.45, 7) is 2.32. The van der Waals surface area contributed by atoms with E-state index in [0.29, 0.717) is 26.2 Å². The molecule has 2 heterocycles. The molecule has 33 heavy (non-hydrogen) atoms. The maximum Gasteiger partial charge on any atom is 0.281 e. The number of hydrogen-bond acceptors (Lipinski definition) is 6. The highest BCUT2D eigenvalue weighted by atomic mass is 35.5. The molecule has 3 aromatic rings. The fourth-order valence-electron chi connectivity index (χ4n) is 3.70. The van der Waals surface area contributed by atoms with E-state index in [2.05, 4.69) is 4.90 Å². The first-order valence-corrected chi connectivity index (χ1v) is 10.6. The Labute approximate surface area is 195 Å². The summed E-state index contributed by atoms with van der Waals surface area (Å²) in [6, 6.07) is 19.3. The van der Waals surface area contributed by atoms with Crippen molar-refractivity contribution in [1.29, 1.82) is 5.26 Å². The molecule has 1 aliphatic heterocycles. The number of carbonyl (C=O) groups excluding carboxylic acids is 1. The monoisotopic (exact) mass is 462 g/mol. The summed E-state index contributed by atoms with van der Waals surface area (Å²) in [5.41, 5.74) is 1.10. The van der Waals surface area contributed by atoms with Gasteiger partial charge in [0.25, 0.3) is 11.6 Å². The van der Waals surface area contributed by atoms with Crippen LogP contribution >= 0.6 is 11.6 Å². The van der Waals surface area contributed by atoms with E-state index in [0.717, 1.165) is 5.69 Å². The molecule has 2 aromatic carbocycles. The number of rotatable bonds is 5. The van der Waals surface area contributed by atoms with Crippen LogP contribution in [0.4, 0.5) is 11.4 Å². The van der Waals surface area contributed by atoms with Crippen LogP contribution in [0.1, 0.15) is 5.76 Å². The molecule has 0 saturated carbocycles. The lowest BCUT2D eigenvalue weighted by atomic mass is 10.1. The molecule has 1 amide bonds. The highest BCUT2D eigenvalue weighted by molar-refractivity contribution is 6.30. The zero-order valence-electron chi connectivity index (χ0n) is 17.5. The van der Waals surface area contributed by atoms with Crippen LogP contribution in [0.3, 0.4) is 0 Å². The number of hydrogen-bond donors (Lipinski definition) is 0. The van der Waals surface area contributed by atoms with Gasteiger partial charge in [-0.25, -0.2) is 0 Å². The SMILES string of the molecule is N#C/C(=C/c1ccc(-c2ccc(Cl)cc2[N+](=O)[O-])o1)C(=O)N1CCN(c2ccccc2)CC1. The standard InChI is InChI=1S/C24H19ClN4O4/c25-18-6-8-21(22(15-18)29(31)32)23-9-7-20(33-23)14-17(16-26)24(30)28-12-10-27(11-13-28)19-4-2-1-3-5-19/h1-9,14-15H,10-13H2/b17-14-. The Bertz CT molecular complexity index is 1250. The zero-order valence-corrected chi connectivity index (χ0v) is 18.2. The van der Waals surface area contributed by atoms with Gasteiger partial charge in [0, 0.05) is 49.0 Å². The first-order valence-electron chi connectivity index (χ1n) is 10.2. The number of furan rings is 1. The molecule has 4 rings (SSSR count). The second kappa shape index (κ2) is 9.59. The Balaban J connectivity index is 1.49. The number of nitro benzene ring substituents is 1. The molecule has 9 heteroatoms. The first kappa shape index (κ1) is 22.1. The van der Waals surface area contributed by atoms with Crippen LogP contribution in [0.15, 0.2) is 70.7 Å². The Kier molecular flexibility index (Phi) is 6.43. The average molecular weight is 463 g/mol. The number of para-hydroxylation sites is 1. The predicted octanol–water partition coefficient (Wildman–Crippen LogP) is 4.76. The molecule has 166 valence electrons. The van der Waals surface area contributed by atoms with Crippen LogP contribution in [0.25, 0.3) is 17.4 Å². The van der Waals surface area contributed by atoms with Gasteiger partial charge in [0.2, 0.25) is 0 Å². The molecule has 0 radical (unpaired) electrons. The molecule has 0 atom stereocenters. The van der Waals surface area contributed by atoms with Crippen molar-refractivity contribution in [3.05, 3.63) is 87.1 Å². The Hall–Kier alpha value is -4.09. The Morgan fingerprint density at radius 3 is 2.48 bits per heavy atom. The normalized spacial score (nSPS) is 14.1. The van der Waals surface area contributed by atoms with E-state index in [9.17, 15) is 20.2 Å². The predicted molar refractivity (Wildman–Crippen MR) is 125 cm³/mol. The molecular weight excluding hydrogens is 444 g/mol. The summed E-state index contributed by atoms with van der Waals surface area (Å²) < 4.78 is 5.69. The molecule has 1 saturated heterocycles. The van der Waals surface area contributed by atoms with E-state index >= 15 is 0 Å². The van der Waals surface area contributed by atoms with E-state index in [1.807, 2.05) is 36.4 Å². The minimum Gasteiger partial charge on any atom is -0.456 e. The number of carbonyl (C=O) groups is 1. The third-order valence-electron chi connectivity index (χ3n) is 5.37. The number of benzene rings is 2. The van der Waals surface area contributed by atoms with Crippen molar-refractivity contribution in [2.45, 2.75) is 0 Å². The first-order chi connectivity index (χ1) is 16.0. The molecule has 0 N–H and O–H groups in total. The molecule has 1 aromatic heterocycles. The second-order valence-electron chi connectivity index (χ2n) is 7.41. The summed E-state index contributed by atoms with van der Waals surface area (Å²) in [4.78, 5) is 27.5. The highest BCUT2D eigenvalue weighted by Crippen LogP contribution is 2.33. The lowest BCUT2D eigenvalue weighted by Gasteiger charge is -2.36. The average Bonchev–Trinajstić information content (AvgIpc) is 3.31. The van der Waals surface area contributed by atoms with Crippen molar-refractivity contribution in [3.63, 3.8) is 0 Å². The number of amides is 1. The molecule has 0 aliphatic carbocycles. The van der Waals surface area contributed by atoms with Gasteiger partial charge in [-0.05, 0) is 36.4 Å². The summed E-state index contributed by atoms with van der Waals surface area (Å²) in [5, 5.41) is 21.2. The van der Waals surface area contributed by atoms with Crippen LogP contribution in [0.2, 0.25) is 5.02 Å². The minimum absolute atomic E-state index is 0.0605. The van der Waals surface area contributed by atoms with Crippen molar-refractivity contribution in [1.82, 2.24) is 4.90 Å². The molecular formula is C24H19ClN4O4. The molecule has 1 aliphatic rings. The molecule has 1 fully saturated rings. The van der Waals surface area contributed by atoms with E-state index < -0.39 is 4.92 Å². The van der Waals surface area contributed by atoms with E-state index in [1.165, 1.54) is 24.3 Å². The van der Waals surface area contributed by atoms with Crippen LogP contribution in [-0.2, 0) is 4.79 Å². The van der Waals surface area contributed by atoms with Gasteiger partial charge in [0.1, 0.15) is 23.2 Å². The van der Waals surface area contributed by atoms with Crippen LogP contribution in [0, 0.1) is 21.4 Å². The maximum absolute atomic E-state index is 12.9. The minimum atomic E-state index is -0.543. The van der Waals surface area contributed by atoms with Crippen molar-refractivity contribution in [3.8, 4) is 17.4 Å². The Morgan fingerprint density at radius 1 is 1.09 bits per heavy atom. The van der Waals surface area contributed by atoms with Gasteiger partial charge >= 0.3 is 0 Å². The van der Waals surface area contributed by atoms with E-state index in [1.54, 1.807) is 17.0 Å². The number of nitrogens with zero attached hydrogens (tertiary/aromatic N) is 4. The molecule has 0 unspecified atom stereocenters. The number of nitriles is 1. The topological polar surface area (TPSA) is 104 Å². The van der Waals surface area contributed by atoms with Gasteiger partial charge in [-0.1, -0.05) is 29.8 Å². The lowest BCUT2D eigenvalue weighted by molar-refractivity contribution is -0.384. The van der Waals surface area contributed by atoms with Gasteiger partial charge in [-0.15, -0.1) is 0 Å². The van der Waals surface area contributed by atoms with Crippen LogP contribution < -0.4 is 4.90 Å². The molecule has 0 spiro atoms. The van der Waals surface area contributed by atoms with E-state index in [-0.39, 0.29) is 39.3 Å². The quantitative estimate of drug-likeness (QED) is 0.234. The number of anilines is 1. The molecule has 0 bridgehead atoms. The summed E-state index contributed by atoms with van der Waals surface area (Å²) >= 11 is 5.87. The fourth-order valence-corrected chi connectivity index (χ4v) is 3.87. The van der Waals surface area contributed by atoms with Crippen LogP contribution in [-0.4, -0.2) is 41.9 Å². The lowest BCUT2D eigenvalue weighted by Crippen LogP contribution is -2.49. The summed E-state index contributed by atoms with van der Waals surface area (Å²) in [5.74, 6) is 0.119.